The zero-order chi connectivity index (χ0) is 24.2. The summed E-state index contributed by atoms with van der Waals surface area (Å²) in [5, 5.41) is 24.7. The average molecular weight is 494 g/mol. The number of nitro benzene ring substituents is 1. The van der Waals surface area contributed by atoms with E-state index >= 15 is 0 Å². The number of para-hydroxylation sites is 1. The van der Waals surface area contributed by atoms with Crippen molar-refractivity contribution in [1.82, 2.24) is 19.7 Å². The molecule has 10 nitrogen and oxygen atoms in total. The minimum absolute atomic E-state index is 0.133. The standard InChI is InChI=1S/C22H19N7O3S2/c1-3-11-28-19(26-27-22(28)33)18-13(2)23-21(34-18)25-20(30)14-9-10-16(17(12-14)29(31)32)24-15-7-5-4-6-8-15/h3-10,12,24H,1,11H2,2H3,(H,27,33)(H,23,25,30). The van der Waals surface area contributed by atoms with E-state index in [1.807, 2.05) is 18.2 Å². The molecule has 0 atom stereocenters. The van der Waals surface area contributed by atoms with Crippen LogP contribution in [-0.2, 0) is 6.54 Å². The van der Waals surface area contributed by atoms with Crippen molar-refractivity contribution in [2.24, 2.45) is 0 Å². The molecule has 0 aliphatic rings. The van der Waals surface area contributed by atoms with Crippen LogP contribution in [0.1, 0.15) is 16.1 Å². The summed E-state index contributed by atoms with van der Waals surface area (Å²) >= 11 is 6.49. The van der Waals surface area contributed by atoms with Crippen molar-refractivity contribution >= 4 is 51.7 Å². The number of H-pyrrole nitrogens is 1. The van der Waals surface area contributed by atoms with Crippen LogP contribution in [0.3, 0.4) is 0 Å². The van der Waals surface area contributed by atoms with Crippen LogP contribution in [0.25, 0.3) is 10.7 Å². The summed E-state index contributed by atoms with van der Waals surface area (Å²) in [7, 11) is 0. The predicted molar refractivity (Wildman–Crippen MR) is 134 cm³/mol. The number of aromatic nitrogens is 4. The highest BCUT2D eigenvalue weighted by atomic mass is 32.1. The molecule has 1 amide bonds. The quantitative estimate of drug-likeness (QED) is 0.128. The number of nitrogens with zero attached hydrogens (tertiary/aromatic N) is 4. The van der Waals surface area contributed by atoms with Gasteiger partial charge in [-0.05, 0) is 43.4 Å². The van der Waals surface area contributed by atoms with E-state index in [2.05, 4.69) is 32.4 Å². The summed E-state index contributed by atoms with van der Waals surface area (Å²) in [5.41, 5.74) is 1.56. The molecule has 3 N–H and O–H groups in total. The number of nitrogens with one attached hydrogen (secondary N) is 3. The van der Waals surface area contributed by atoms with E-state index in [-0.39, 0.29) is 16.9 Å². The van der Waals surface area contributed by atoms with Gasteiger partial charge >= 0.3 is 0 Å². The van der Waals surface area contributed by atoms with Crippen molar-refractivity contribution in [2.45, 2.75) is 13.5 Å². The Labute approximate surface area is 203 Å². The zero-order valence-corrected chi connectivity index (χ0v) is 19.6. The van der Waals surface area contributed by atoms with Crippen LogP contribution < -0.4 is 10.6 Å². The van der Waals surface area contributed by atoms with Crippen LogP contribution in [0.15, 0.2) is 61.2 Å². The summed E-state index contributed by atoms with van der Waals surface area (Å²) in [6.45, 7) is 6.00. The summed E-state index contributed by atoms with van der Waals surface area (Å²) in [6, 6.07) is 13.3. The van der Waals surface area contributed by atoms with Crippen molar-refractivity contribution in [3.05, 3.63) is 87.3 Å². The Morgan fingerprint density at radius 3 is 2.79 bits per heavy atom. The van der Waals surface area contributed by atoms with Gasteiger partial charge in [-0.15, -0.1) is 6.58 Å². The van der Waals surface area contributed by atoms with E-state index in [1.54, 1.807) is 29.7 Å². The highest BCUT2D eigenvalue weighted by molar-refractivity contribution is 7.71. The molecular weight excluding hydrogens is 474 g/mol. The summed E-state index contributed by atoms with van der Waals surface area (Å²) < 4.78 is 2.22. The van der Waals surface area contributed by atoms with Gasteiger partial charge in [0.05, 0.1) is 15.5 Å². The van der Waals surface area contributed by atoms with Gasteiger partial charge in [0.25, 0.3) is 11.6 Å². The number of amides is 1. The molecule has 34 heavy (non-hydrogen) atoms. The SMILES string of the molecule is C=CCn1c(-c2sc(NC(=O)c3ccc(Nc4ccccc4)c([N+](=O)[O-])c3)nc2C)n[nH]c1=S. The Balaban J connectivity index is 1.58. The lowest BCUT2D eigenvalue weighted by atomic mass is 10.1. The van der Waals surface area contributed by atoms with Crippen LogP contribution in [-0.4, -0.2) is 30.6 Å². The van der Waals surface area contributed by atoms with Crippen LogP contribution in [0, 0.1) is 21.8 Å². The maximum Gasteiger partial charge on any atom is 0.293 e. The van der Waals surface area contributed by atoms with E-state index in [9.17, 15) is 14.9 Å². The minimum Gasteiger partial charge on any atom is -0.350 e. The number of hydrogen-bond acceptors (Lipinski definition) is 8. The van der Waals surface area contributed by atoms with Crippen LogP contribution >= 0.6 is 23.6 Å². The molecule has 2 aromatic heterocycles. The van der Waals surface area contributed by atoms with Gasteiger partial charge < -0.3 is 5.32 Å². The summed E-state index contributed by atoms with van der Waals surface area (Å²) in [5.74, 6) is 0.0759. The number of nitro groups is 1. The second kappa shape index (κ2) is 9.77. The molecule has 0 saturated carbocycles. The Hall–Kier alpha value is -4.16. The Kier molecular flexibility index (Phi) is 6.61. The third-order valence-corrected chi connectivity index (χ3v) is 6.18. The predicted octanol–water partition coefficient (Wildman–Crippen LogP) is 5.46. The van der Waals surface area contributed by atoms with Gasteiger partial charge in [-0.2, -0.15) is 5.10 Å². The number of carbonyl (C=O) groups excluding carboxylic acids is 1. The maximum absolute atomic E-state index is 12.8. The van der Waals surface area contributed by atoms with Gasteiger partial charge in [0, 0.05) is 23.9 Å². The van der Waals surface area contributed by atoms with Crippen molar-refractivity contribution in [3.8, 4) is 10.7 Å². The lowest BCUT2D eigenvalue weighted by Gasteiger charge is -2.08. The van der Waals surface area contributed by atoms with E-state index in [0.717, 1.165) is 4.88 Å². The molecule has 0 aliphatic carbocycles. The first-order chi connectivity index (χ1) is 16.4. The molecule has 4 rings (SSSR count). The molecule has 0 fully saturated rings. The third-order valence-electron chi connectivity index (χ3n) is 4.80. The average Bonchev–Trinajstić information content (AvgIpc) is 3.36. The first kappa shape index (κ1) is 23.0. The van der Waals surface area contributed by atoms with Gasteiger partial charge in [0.1, 0.15) is 5.69 Å². The van der Waals surface area contributed by atoms with Crippen molar-refractivity contribution in [1.29, 1.82) is 0 Å². The highest BCUT2D eigenvalue weighted by Gasteiger charge is 2.20. The smallest absolute Gasteiger partial charge is 0.293 e. The summed E-state index contributed by atoms with van der Waals surface area (Å²) in [4.78, 5) is 29.1. The second-order valence-corrected chi connectivity index (χ2v) is 8.51. The van der Waals surface area contributed by atoms with Gasteiger partial charge in [-0.1, -0.05) is 35.6 Å². The molecule has 0 radical (unpaired) electrons. The number of rotatable bonds is 8. The number of aryl methyl sites for hydroxylation is 1. The topological polar surface area (TPSA) is 131 Å². The molecule has 12 heteroatoms. The summed E-state index contributed by atoms with van der Waals surface area (Å²) in [6.07, 6.45) is 1.71. The molecule has 4 aromatic rings. The largest absolute Gasteiger partial charge is 0.350 e. The number of hydrogen-bond donors (Lipinski definition) is 3. The lowest BCUT2D eigenvalue weighted by Crippen LogP contribution is -2.12. The molecule has 0 bridgehead atoms. The van der Waals surface area contributed by atoms with Gasteiger partial charge in [0.2, 0.25) is 0 Å². The van der Waals surface area contributed by atoms with Crippen LogP contribution in [0.4, 0.5) is 22.2 Å². The number of benzene rings is 2. The van der Waals surface area contributed by atoms with Crippen LogP contribution in [0.2, 0.25) is 0 Å². The number of anilines is 3. The van der Waals surface area contributed by atoms with E-state index < -0.39 is 10.8 Å². The normalized spacial score (nSPS) is 10.6. The maximum atomic E-state index is 12.8. The van der Waals surface area contributed by atoms with E-state index in [4.69, 9.17) is 12.2 Å². The van der Waals surface area contributed by atoms with E-state index in [0.29, 0.717) is 33.7 Å². The monoisotopic (exact) mass is 493 g/mol. The Bertz CT molecular complexity index is 1440. The molecule has 0 unspecified atom stereocenters. The first-order valence-electron chi connectivity index (χ1n) is 10.0. The number of carbonyl (C=O) groups is 1. The van der Waals surface area contributed by atoms with Crippen molar-refractivity contribution < 1.29 is 9.72 Å². The van der Waals surface area contributed by atoms with Crippen LogP contribution in [0.5, 0.6) is 0 Å². The Morgan fingerprint density at radius 2 is 2.09 bits per heavy atom. The Morgan fingerprint density at radius 1 is 1.32 bits per heavy atom. The van der Waals surface area contributed by atoms with E-state index in [1.165, 1.54) is 29.5 Å². The molecular formula is C22H19N7O3S2. The van der Waals surface area contributed by atoms with Gasteiger partial charge in [-0.3, -0.25) is 29.9 Å². The fourth-order valence-corrected chi connectivity index (χ4v) is 4.39. The molecule has 172 valence electrons. The number of allylic oxidation sites excluding steroid dienone is 1. The molecule has 2 heterocycles. The van der Waals surface area contributed by atoms with Gasteiger partial charge in [0.15, 0.2) is 15.7 Å². The molecule has 0 saturated heterocycles. The number of thiazole rings is 1. The molecule has 0 spiro atoms. The second-order valence-electron chi connectivity index (χ2n) is 7.12. The molecule has 2 aromatic carbocycles. The fraction of sp³-hybridized carbons (Fsp3) is 0.0909. The lowest BCUT2D eigenvalue weighted by molar-refractivity contribution is -0.383. The minimum atomic E-state index is -0.532. The fourth-order valence-electron chi connectivity index (χ4n) is 3.22. The number of aromatic amines is 1. The van der Waals surface area contributed by atoms with Crippen molar-refractivity contribution in [3.63, 3.8) is 0 Å². The third kappa shape index (κ3) is 4.77. The van der Waals surface area contributed by atoms with Crippen molar-refractivity contribution in [2.75, 3.05) is 10.6 Å². The molecule has 0 aliphatic heterocycles. The first-order valence-corrected chi connectivity index (χ1v) is 11.3. The zero-order valence-electron chi connectivity index (χ0n) is 17.9. The highest BCUT2D eigenvalue weighted by Crippen LogP contribution is 2.33. The van der Waals surface area contributed by atoms with Gasteiger partial charge in [-0.25, -0.2) is 4.98 Å².